The molecule has 2 aliphatic rings. The summed E-state index contributed by atoms with van der Waals surface area (Å²) in [4.78, 5) is 0. The molecule has 0 saturated heterocycles. The molecule has 0 heterocycles. The van der Waals surface area contributed by atoms with Crippen molar-refractivity contribution in [3.8, 4) is 0 Å². The molecule has 0 spiro atoms. The second kappa shape index (κ2) is 9.46. The molecular formula is C20H34O. The number of hydrogen-bond donors (Lipinski definition) is 0. The van der Waals surface area contributed by atoms with Crippen LogP contribution in [0.2, 0.25) is 0 Å². The SMILES string of the molecule is C=CCOC[C@H]1CC[C@H]([C@H]2CC[C@H](C=CCC)CC2)CC1. The van der Waals surface area contributed by atoms with Gasteiger partial charge in [0, 0.05) is 6.61 Å². The minimum atomic E-state index is 0.717. The quantitative estimate of drug-likeness (QED) is 0.427. The van der Waals surface area contributed by atoms with Gasteiger partial charge in [0.15, 0.2) is 0 Å². The van der Waals surface area contributed by atoms with Crippen LogP contribution in [0.3, 0.4) is 0 Å². The molecule has 0 bridgehead atoms. The molecule has 2 aliphatic carbocycles. The van der Waals surface area contributed by atoms with Gasteiger partial charge in [-0.15, -0.1) is 6.58 Å². The van der Waals surface area contributed by atoms with E-state index in [-0.39, 0.29) is 0 Å². The molecule has 120 valence electrons. The summed E-state index contributed by atoms with van der Waals surface area (Å²) >= 11 is 0. The molecule has 0 aromatic rings. The third-order valence-corrected chi connectivity index (χ3v) is 5.61. The zero-order valence-electron chi connectivity index (χ0n) is 13.9. The molecule has 0 atom stereocenters. The standard InChI is InChI=1S/C20H34O/c1-3-5-6-17-7-11-19(12-8-17)20-13-9-18(10-14-20)16-21-15-4-2/h4-6,17-20H,2-3,7-16H2,1H3/t17-,18-,19-,20-. The molecule has 21 heavy (non-hydrogen) atoms. The van der Waals surface area contributed by atoms with Gasteiger partial charge in [-0.2, -0.15) is 0 Å². The van der Waals surface area contributed by atoms with E-state index in [0.717, 1.165) is 36.9 Å². The maximum Gasteiger partial charge on any atom is 0.0644 e. The number of ether oxygens (including phenoxy) is 1. The smallest absolute Gasteiger partial charge is 0.0644 e. The van der Waals surface area contributed by atoms with Gasteiger partial charge in [0.2, 0.25) is 0 Å². The largest absolute Gasteiger partial charge is 0.377 e. The van der Waals surface area contributed by atoms with Crippen molar-refractivity contribution >= 4 is 0 Å². The molecule has 0 radical (unpaired) electrons. The van der Waals surface area contributed by atoms with Gasteiger partial charge in [0.25, 0.3) is 0 Å². The Labute approximate surface area is 131 Å². The normalized spacial score (nSPS) is 34.1. The lowest BCUT2D eigenvalue weighted by Crippen LogP contribution is -2.26. The Bertz CT molecular complexity index is 304. The van der Waals surface area contributed by atoms with Gasteiger partial charge in [0.05, 0.1) is 6.61 Å². The summed E-state index contributed by atoms with van der Waals surface area (Å²) < 4.78 is 5.63. The molecule has 0 aliphatic heterocycles. The molecule has 2 fully saturated rings. The van der Waals surface area contributed by atoms with E-state index < -0.39 is 0 Å². The molecule has 0 aromatic carbocycles. The van der Waals surface area contributed by atoms with Gasteiger partial charge in [0.1, 0.15) is 0 Å². The van der Waals surface area contributed by atoms with Gasteiger partial charge in [-0.25, -0.2) is 0 Å². The summed E-state index contributed by atoms with van der Waals surface area (Å²) in [6, 6.07) is 0. The molecule has 2 saturated carbocycles. The first-order valence-corrected chi connectivity index (χ1v) is 9.18. The highest BCUT2D eigenvalue weighted by Gasteiger charge is 2.30. The highest BCUT2D eigenvalue weighted by Crippen LogP contribution is 2.41. The maximum absolute atomic E-state index is 5.63. The van der Waals surface area contributed by atoms with Crippen molar-refractivity contribution in [2.45, 2.75) is 64.7 Å². The Morgan fingerprint density at radius 2 is 1.57 bits per heavy atom. The lowest BCUT2D eigenvalue weighted by Gasteiger charge is -2.37. The van der Waals surface area contributed by atoms with Crippen LogP contribution >= 0.6 is 0 Å². The van der Waals surface area contributed by atoms with Crippen LogP contribution in [0.25, 0.3) is 0 Å². The summed E-state index contributed by atoms with van der Waals surface area (Å²) in [5.74, 6) is 3.72. The Hall–Kier alpha value is -0.560. The molecule has 0 unspecified atom stereocenters. The van der Waals surface area contributed by atoms with Crippen LogP contribution in [0.15, 0.2) is 24.8 Å². The Kier molecular flexibility index (Phi) is 7.57. The van der Waals surface area contributed by atoms with Crippen LogP contribution in [0.5, 0.6) is 0 Å². The third kappa shape index (κ3) is 5.62. The highest BCUT2D eigenvalue weighted by molar-refractivity contribution is 4.92. The Morgan fingerprint density at radius 3 is 2.14 bits per heavy atom. The minimum Gasteiger partial charge on any atom is -0.377 e. The molecule has 0 N–H and O–H groups in total. The lowest BCUT2D eigenvalue weighted by atomic mass is 9.69. The van der Waals surface area contributed by atoms with Crippen LogP contribution in [0, 0.1) is 23.7 Å². The van der Waals surface area contributed by atoms with Crippen LogP contribution in [0.4, 0.5) is 0 Å². The van der Waals surface area contributed by atoms with E-state index in [1.807, 2.05) is 6.08 Å². The average Bonchev–Trinajstić information content (AvgIpc) is 2.54. The average molecular weight is 290 g/mol. The minimum absolute atomic E-state index is 0.717. The van der Waals surface area contributed by atoms with E-state index in [1.54, 1.807) is 0 Å². The van der Waals surface area contributed by atoms with E-state index in [9.17, 15) is 0 Å². The van der Waals surface area contributed by atoms with Crippen LogP contribution < -0.4 is 0 Å². The van der Waals surface area contributed by atoms with E-state index in [0.29, 0.717) is 0 Å². The second-order valence-electron chi connectivity index (χ2n) is 7.12. The number of hydrogen-bond acceptors (Lipinski definition) is 1. The summed E-state index contributed by atoms with van der Waals surface area (Å²) in [6.45, 7) is 7.62. The van der Waals surface area contributed by atoms with E-state index in [1.165, 1.54) is 57.8 Å². The predicted octanol–water partition coefficient (Wildman–Crippen LogP) is 5.77. The van der Waals surface area contributed by atoms with Gasteiger partial charge in [-0.3, -0.25) is 0 Å². The lowest BCUT2D eigenvalue weighted by molar-refractivity contribution is 0.0800. The summed E-state index contributed by atoms with van der Waals surface area (Å²) in [7, 11) is 0. The molecule has 1 nitrogen and oxygen atoms in total. The molecule has 0 aromatic heterocycles. The van der Waals surface area contributed by atoms with Gasteiger partial charge in [-0.05, 0) is 81.5 Å². The fourth-order valence-electron chi connectivity index (χ4n) is 4.28. The fraction of sp³-hybridized carbons (Fsp3) is 0.800. The first kappa shape index (κ1) is 16.8. The molecule has 0 amide bonds. The van der Waals surface area contributed by atoms with Crippen molar-refractivity contribution in [3.63, 3.8) is 0 Å². The second-order valence-corrected chi connectivity index (χ2v) is 7.12. The maximum atomic E-state index is 5.63. The van der Waals surface area contributed by atoms with E-state index >= 15 is 0 Å². The van der Waals surface area contributed by atoms with Crippen LogP contribution in [-0.2, 0) is 4.74 Å². The molecule has 2 rings (SSSR count). The fourth-order valence-corrected chi connectivity index (χ4v) is 4.28. The van der Waals surface area contributed by atoms with Crippen LogP contribution in [0.1, 0.15) is 64.7 Å². The summed E-state index contributed by atoms with van der Waals surface area (Å²) in [5.41, 5.74) is 0. The first-order chi connectivity index (χ1) is 10.3. The Balaban J connectivity index is 1.64. The first-order valence-electron chi connectivity index (χ1n) is 9.18. The number of allylic oxidation sites excluding steroid dienone is 2. The van der Waals surface area contributed by atoms with Crippen molar-refractivity contribution < 1.29 is 4.74 Å². The van der Waals surface area contributed by atoms with Gasteiger partial charge in [-0.1, -0.05) is 25.2 Å². The van der Waals surface area contributed by atoms with E-state index in [2.05, 4.69) is 25.7 Å². The third-order valence-electron chi connectivity index (χ3n) is 5.61. The molecule has 1 heteroatoms. The van der Waals surface area contributed by atoms with Crippen molar-refractivity contribution in [1.29, 1.82) is 0 Å². The van der Waals surface area contributed by atoms with E-state index in [4.69, 9.17) is 4.74 Å². The zero-order valence-corrected chi connectivity index (χ0v) is 13.9. The highest BCUT2D eigenvalue weighted by atomic mass is 16.5. The van der Waals surface area contributed by atoms with Crippen molar-refractivity contribution in [3.05, 3.63) is 24.8 Å². The molecular weight excluding hydrogens is 256 g/mol. The van der Waals surface area contributed by atoms with Crippen molar-refractivity contribution in [2.75, 3.05) is 13.2 Å². The summed E-state index contributed by atoms with van der Waals surface area (Å²) in [6.07, 6.45) is 19.4. The summed E-state index contributed by atoms with van der Waals surface area (Å²) in [5, 5.41) is 0. The van der Waals surface area contributed by atoms with Gasteiger partial charge < -0.3 is 4.74 Å². The predicted molar refractivity (Wildman–Crippen MR) is 91.3 cm³/mol. The monoisotopic (exact) mass is 290 g/mol. The Morgan fingerprint density at radius 1 is 0.952 bits per heavy atom. The zero-order chi connectivity index (χ0) is 14.9. The topological polar surface area (TPSA) is 9.23 Å². The van der Waals surface area contributed by atoms with Crippen molar-refractivity contribution in [1.82, 2.24) is 0 Å². The van der Waals surface area contributed by atoms with Crippen molar-refractivity contribution in [2.24, 2.45) is 23.7 Å². The van der Waals surface area contributed by atoms with Crippen LogP contribution in [-0.4, -0.2) is 13.2 Å². The van der Waals surface area contributed by atoms with Gasteiger partial charge >= 0.3 is 0 Å². The number of rotatable bonds is 7.